The van der Waals surface area contributed by atoms with Crippen LogP contribution in [0.2, 0.25) is 0 Å². The van der Waals surface area contributed by atoms with Gasteiger partial charge >= 0.3 is 0 Å². The molecule has 0 saturated carbocycles. The summed E-state index contributed by atoms with van der Waals surface area (Å²) in [5.74, 6) is 1.51. The van der Waals surface area contributed by atoms with E-state index in [4.69, 9.17) is 0 Å². The fourth-order valence-electron chi connectivity index (χ4n) is 3.35. The summed E-state index contributed by atoms with van der Waals surface area (Å²) in [5, 5.41) is 13.3. The molecule has 0 radical (unpaired) electrons. The van der Waals surface area contributed by atoms with Crippen molar-refractivity contribution in [2.45, 2.75) is 25.4 Å². The number of nitrogens with zero attached hydrogens (tertiary/aromatic N) is 4. The van der Waals surface area contributed by atoms with Crippen molar-refractivity contribution in [1.29, 1.82) is 0 Å². The lowest BCUT2D eigenvalue weighted by Crippen LogP contribution is -2.61. The largest absolute Gasteiger partial charge is 0.392 e. The summed E-state index contributed by atoms with van der Waals surface area (Å²) >= 11 is 0. The quantitative estimate of drug-likeness (QED) is 0.801. The molecule has 2 saturated heterocycles. The van der Waals surface area contributed by atoms with Gasteiger partial charge in [0.2, 0.25) is 5.91 Å². The first kappa shape index (κ1) is 15.0. The first-order valence-corrected chi connectivity index (χ1v) is 7.73. The highest BCUT2D eigenvalue weighted by atomic mass is 16.3. The van der Waals surface area contributed by atoms with Crippen LogP contribution in [0.5, 0.6) is 0 Å². The summed E-state index contributed by atoms with van der Waals surface area (Å²) < 4.78 is 0. The predicted molar refractivity (Wildman–Crippen MR) is 83.9 cm³/mol. The number of piperidine rings is 2. The Balaban J connectivity index is 1.87. The van der Waals surface area contributed by atoms with E-state index in [0.29, 0.717) is 26.1 Å². The molecule has 3 heterocycles. The summed E-state index contributed by atoms with van der Waals surface area (Å²) in [7, 11) is 3.84. The Morgan fingerprint density at radius 1 is 1.45 bits per heavy atom. The van der Waals surface area contributed by atoms with Crippen LogP contribution in [0.1, 0.15) is 19.3 Å². The molecule has 2 aliphatic heterocycles. The number of rotatable bonds is 2. The van der Waals surface area contributed by atoms with E-state index in [1.54, 1.807) is 12.4 Å². The third kappa shape index (κ3) is 2.49. The van der Waals surface area contributed by atoms with Crippen LogP contribution in [0, 0.1) is 5.41 Å². The zero-order chi connectivity index (χ0) is 15.7. The minimum absolute atomic E-state index is 0.0346. The van der Waals surface area contributed by atoms with Crippen LogP contribution in [0.25, 0.3) is 0 Å². The van der Waals surface area contributed by atoms with Crippen molar-refractivity contribution in [3.8, 4) is 0 Å². The molecule has 1 aromatic rings. The zero-order valence-corrected chi connectivity index (χ0v) is 13.1. The fourth-order valence-corrected chi connectivity index (χ4v) is 3.35. The SMILES string of the molecule is CN(C)c1cncc(N2CC[C@@H](O)[C@@]3(CCCNC3=O)C2)n1. The number of aromatic nitrogens is 2. The second kappa shape index (κ2) is 5.72. The molecule has 1 aromatic heterocycles. The Kier molecular flexibility index (Phi) is 3.90. The smallest absolute Gasteiger partial charge is 0.230 e. The van der Waals surface area contributed by atoms with Crippen molar-refractivity contribution in [3.63, 3.8) is 0 Å². The molecule has 2 N–H and O–H groups in total. The number of carbonyl (C=O) groups excluding carboxylic acids is 1. The number of hydrogen-bond acceptors (Lipinski definition) is 6. The highest BCUT2D eigenvalue weighted by Crippen LogP contribution is 2.38. The standard InChI is InChI=1S/C15H23N5O2/c1-19(2)12-8-16-9-13(18-12)20-7-4-11(21)15(10-20)5-3-6-17-14(15)22/h8-9,11,21H,3-7,10H2,1-2H3,(H,17,22)/t11-,15-/m1/s1. The minimum Gasteiger partial charge on any atom is -0.392 e. The van der Waals surface area contributed by atoms with Crippen LogP contribution in [0.3, 0.4) is 0 Å². The lowest BCUT2D eigenvalue weighted by atomic mass is 9.71. The van der Waals surface area contributed by atoms with Crippen molar-refractivity contribution in [3.05, 3.63) is 12.4 Å². The molecule has 0 aromatic carbocycles. The summed E-state index contributed by atoms with van der Waals surface area (Å²) in [6.07, 6.45) is 5.04. The maximum Gasteiger partial charge on any atom is 0.230 e. The third-order valence-corrected chi connectivity index (χ3v) is 4.71. The lowest BCUT2D eigenvalue weighted by molar-refractivity contribution is -0.142. The number of carbonyl (C=O) groups is 1. The molecular weight excluding hydrogens is 282 g/mol. The fraction of sp³-hybridized carbons (Fsp3) is 0.667. The van der Waals surface area contributed by atoms with E-state index in [9.17, 15) is 9.90 Å². The number of hydrogen-bond donors (Lipinski definition) is 2. The highest BCUT2D eigenvalue weighted by molar-refractivity contribution is 5.85. The first-order chi connectivity index (χ1) is 10.5. The molecule has 1 spiro atoms. The van der Waals surface area contributed by atoms with Gasteiger partial charge < -0.3 is 20.2 Å². The van der Waals surface area contributed by atoms with E-state index < -0.39 is 11.5 Å². The molecule has 7 heteroatoms. The minimum atomic E-state index is -0.716. The Labute approximate surface area is 130 Å². The molecule has 22 heavy (non-hydrogen) atoms. The van der Waals surface area contributed by atoms with Crippen LogP contribution in [0.15, 0.2) is 12.4 Å². The van der Waals surface area contributed by atoms with Gasteiger partial charge in [-0.2, -0.15) is 0 Å². The monoisotopic (exact) mass is 305 g/mol. The maximum atomic E-state index is 12.4. The molecule has 1 amide bonds. The van der Waals surface area contributed by atoms with Crippen LogP contribution in [-0.4, -0.2) is 60.8 Å². The molecule has 3 rings (SSSR count). The summed E-state index contributed by atoms with van der Waals surface area (Å²) in [4.78, 5) is 25.2. The maximum absolute atomic E-state index is 12.4. The van der Waals surface area contributed by atoms with Gasteiger partial charge in [0.1, 0.15) is 11.6 Å². The molecule has 0 bridgehead atoms. The Morgan fingerprint density at radius 2 is 2.27 bits per heavy atom. The van der Waals surface area contributed by atoms with E-state index in [1.807, 2.05) is 19.0 Å². The van der Waals surface area contributed by atoms with Gasteiger partial charge in [0, 0.05) is 33.7 Å². The zero-order valence-electron chi connectivity index (χ0n) is 13.1. The van der Waals surface area contributed by atoms with Crippen molar-refractivity contribution >= 4 is 17.5 Å². The molecule has 0 unspecified atom stereocenters. The summed E-state index contributed by atoms with van der Waals surface area (Å²) in [6, 6.07) is 0. The van der Waals surface area contributed by atoms with Gasteiger partial charge in [0.15, 0.2) is 0 Å². The topological polar surface area (TPSA) is 81.6 Å². The van der Waals surface area contributed by atoms with Gasteiger partial charge in [-0.25, -0.2) is 4.98 Å². The second-order valence-electron chi connectivity index (χ2n) is 6.37. The second-order valence-corrected chi connectivity index (χ2v) is 6.37. The summed E-state index contributed by atoms with van der Waals surface area (Å²) in [5.41, 5.74) is -0.716. The highest BCUT2D eigenvalue weighted by Gasteiger charge is 2.50. The van der Waals surface area contributed by atoms with Crippen LogP contribution >= 0.6 is 0 Å². The summed E-state index contributed by atoms with van der Waals surface area (Å²) in [6.45, 7) is 1.87. The van der Waals surface area contributed by atoms with Gasteiger partial charge in [0.25, 0.3) is 0 Å². The molecular formula is C15H23N5O2. The number of nitrogens with one attached hydrogen (secondary N) is 1. The number of amides is 1. The van der Waals surface area contributed by atoms with Gasteiger partial charge in [0.05, 0.1) is 23.9 Å². The average Bonchev–Trinajstić information content (AvgIpc) is 2.53. The molecule has 2 fully saturated rings. The number of aliphatic hydroxyl groups is 1. The molecule has 2 aliphatic rings. The van der Waals surface area contributed by atoms with Gasteiger partial charge in [-0.1, -0.05) is 0 Å². The Morgan fingerprint density at radius 3 is 3.00 bits per heavy atom. The number of anilines is 2. The first-order valence-electron chi connectivity index (χ1n) is 7.73. The Hall–Kier alpha value is -1.89. The van der Waals surface area contributed by atoms with E-state index in [1.165, 1.54) is 0 Å². The van der Waals surface area contributed by atoms with E-state index in [2.05, 4.69) is 20.2 Å². The van der Waals surface area contributed by atoms with Crippen molar-refractivity contribution < 1.29 is 9.90 Å². The van der Waals surface area contributed by atoms with E-state index in [0.717, 1.165) is 24.5 Å². The van der Waals surface area contributed by atoms with Crippen molar-refractivity contribution in [1.82, 2.24) is 15.3 Å². The lowest BCUT2D eigenvalue weighted by Gasteiger charge is -2.47. The number of aliphatic hydroxyl groups excluding tert-OH is 1. The predicted octanol–water partition coefficient (Wildman–Crippen LogP) is 0.0100. The van der Waals surface area contributed by atoms with Crippen molar-refractivity contribution in [2.24, 2.45) is 5.41 Å². The normalized spacial score (nSPS) is 28.6. The Bertz CT molecular complexity index is 565. The molecule has 120 valence electrons. The molecule has 0 aliphatic carbocycles. The van der Waals surface area contributed by atoms with Crippen LogP contribution in [0.4, 0.5) is 11.6 Å². The van der Waals surface area contributed by atoms with Crippen molar-refractivity contribution in [2.75, 3.05) is 43.5 Å². The van der Waals surface area contributed by atoms with Gasteiger partial charge in [-0.05, 0) is 19.3 Å². The van der Waals surface area contributed by atoms with Gasteiger partial charge in [-0.3, -0.25) is 9.78 Å². The van der Waals surface area contributed by atoms with E-state index >= 15 is 0 Å². The van der Waals surface area contributed by atoms with Gasteiger partial charge in [-0.15, -0.1) is 0 Å². The van der Waals surface area contributed by atoms with Crippen LogP contribution < -0.4 is 15.1 Å². The average molecular weight is 305 g/mol. The van der Waals surface area contributed by atoms with Crippen LogP contribution in [-0.2, 0) is 4.79 Å². The van der Waals surface area contributed by atoms with E-state index in [-0.39, 0.29) is 5.91 Å². The molecule has 2 atom stereocenters. The third-order valence-electron chi connectivity index (χ3n) is 4.71. The molecule has 7 nitrogen and oxygen atoms in total.